The van der Waals surface area contributed by atoms with Crippen LogP contribution in [0.25, 0.3) is 21.9 Å². The lowest BCUT2D eigenvalue weighted by Gasteiger charge is -2.36. The summed E-state index contributed by atoms with van der Waals surface area (Å²) in [5.41, 5.74) is 4.06. The molecule has 13 nitrogen and oxygen atoms in total. The molecule has 8 rings (SSSR count). The Morgan fingerprint density at radius 3 is 2.31 bits per heavy atom. The van der Waals surface area contributed by atoms with Crippen LogP contribution in [0, 0.1) is 10.1 Å². The third-order valence-electron chi connectivity index (χ3n) is 11.2. The predicted octanol–water partition coefficient (Wildman–Crippen LogP) is 8.44. The molecule has 6 aromatic carbocycles. The van der Waals surface area contributed by atoms with E-state index in [4.69, 9.17) is 21.1 Å². The Balaban J connectivity index is 0.986. The standard InChI is InChI=1S/C47H47ClN6O7S/c48-38-13-10-35(11-14-38)42-9-4-3-8-37(42)33-52-22-24-53(25-23-52)39-15-18-43(46(31-39)61-40-16-12-34-6-1-2-7-36(34)30-40)47(55)50-62(58,59)41-17-19-44(45(32-41)54(56)57)49-20-5-21-51-26-28-60-29-27-51/h1-4,6-19,30-32,49H,5,20-29,33H2,(H,50,55). The van der Waals surface area contributed by atoms with Gasteiger partial charge in [0.2, 0.25) is 0 Å². The molecule has 2 aliphatic rings. The lowest BCUT2D eigenvalue weighted by Crippen LogP contribution is -2.46. The summed E-state index contributed by atoms with van der Waals surface area (Å²) in [4.78, 5) is 31.9. The van der Waals surface area contributed by atoms with E-state index in [0.29, 0.717) is 43.6 Å². The summed E-state index contributed by atoms with van der Waals surface area (Å²) in [7, 11) is -4.55. The summed E-state index contributed by atoms with van der Waals surface area (Å²) < 4.78 is 41.3. The SMILES string of the molecule is O=C(NS(=O)(=O)c1ccc(NCCCN2CCOCC2)c([N+](=O)[O-])c1)c1ccc(N2CCN(Cc3ccccc3-c3ccc(Cl)cc3)CC2)cc1Oc1ccc2ccccc2c1. The van der Waals surface area contributed by atoms with Crippen LogP contribution in [-0.4, -0.2) is 94.6 Å². The molecule has 0 unspecified atom stereocenters. The third-order valence-corrected chi connectivity index (χ3v) is 12.8. The molecule has 6 aromatic rings. The highest BCUT2D eigenvalue weighted by Crippen LogP contribution is 2.34. The maximum Gasteiger partial charge on any atom is 0.293 e. The molecule has 0 aliphatic carbocycles. The molecule has 2 aliphatic heterocycles. The Morgan fingerprint density at radius 2 is 1.53 bits per heavy atom. The van der Waals surface area contributed by atoms with Crippen LogP contribution in [0.2, 0.25) is 5.02 Å². The highest BCUT2D eigenvalue weighted by molar-refractivity contribution is 7.90. The van der Waals surface area contributed by atoms with Gasteiger partial charge in [0, 0.05) is 75.2 Å². The van der Waals surface area contributed by atoms with Crippen molar-refractivity contribution in [2.75, 3.05) is 75.8 Å². The molecule has 2 fully saturated rings. The van der Waals surface area contributed by atoms with Crippen LogP contribution in [0.15, 0.2) is 132 Å². The number of fused-ring (bicyclic) bond motifs is 1. The first-order valence-electron chi connectivity index (χ1n) is 20.6. The van der Waals surface area contributed by atoms with Gasteiger partial charge in [-0.1, -0.05) is 78.3 Å². The van der Waals surface area contributed by atoms with E-state index in [1.165, 1.54) is 17.7 Å². The first-order valence-corrected chi connectivity index (χ1v) is 22.5. The van der Waals surface area contributed by atoms with Crippen molar-refractivity contribution in [3.05, 3.63) is 154 Å². The number of sulfonamides is 1. The summed E-state index contributed by atoms with van der Waals surface area (Å²) in [6, 6.07) is 38.3. The minimum atomic E-state index is -4.55. The Labute approximate surface area is 366 Å². The van der Waals surface area contributed by atoms with Gasteiger partial charge in [-0.05, 0) is 89.0 Å². The van der Waals surface area contributed by atoms with Crippen molar-refractivity contribution in [2.45, 2.75) is 17.9 Å². The number of hydrogen-bond acceptors (Lipinski definition) is 11. The van der Waals surface area contributed by atoms with Crippen molar-refractivity contribution in [1.82, 2.24) is 14.5 Å². The molecule has 0 atom stereocenters. The minimum absolute atomic E-state index is 0.0176. The summed E-state index contributed by atoms with van der Waals surface area (Å²) in [6.45, 7) is 8.02. The molecular weight excluding hydrogens is 828 g/mol. The molecule has 0 spiro atoms. The van der Waals surface area contributed by atoms with Crippen molar-refractivity contribution in [1.29, 1.82) is 0 Å². The van der Waals surface area contributed by atoms with Crippen molar-refractivity contribution in [2.24, 2.45) is 0 Å². The van der Waals surface area contributed by atoms with Crippen LogP contribution in [-0.2, 0) is 21.3 Å². The Bertz CT molecular complexity index is 2670. The van der Waals surface area contributed by atoms with Crippen LogP contribution in [0.5, 0.6) is 11.5 Å². The number of carbonyl (C=O) groups excluding carboxylic acids is 1. The number of nitrogens with one attached hydrogen (secondary N) is 2. The molecule has 62 heavy (non-hydrogen) atoms. The number of ether oxygens (including phenoxy) is 2. The van der Waals surface area contributed by atoms with E-state index in [1.54, 1.807) is 24.3 Å². The van der Waals surface area contributed by atoms with Gasteiger partial charge in [-0.3, -0.25) is 24.7 Å². The number of hydrogen-bond donors (Lipinski definition) is 2. The van der Waals surface area contributed by atoms with E-state index in [9.17, 15) is 23.3 Å². The first-order chi connectivity index (χ1) is 30.1. The number of anilines is 2. The summed E-state index contributed by atoms with van der Waals surface area (Å²) in [5, 5.41) is 17.8. The minimum Gasteiger partial charge on any atom is -0.456 e. The van der Waals surface area contributed by atoms with Gasteiger partial charge in [0.1, 0.15) is 17.2 Å². The molecule has 1 amide bonds. The lowest BCUT2D eigenvalue weighted by molar-refractivity contribution is -0.384. The van der Waals surface area contributed by atoms with E-state index >= 15 is 0 Å². The monoisotopic (exact) mass is 874 g/mol. The maximum atomic E-state index is 13.9. The molecule has 0 aromatic heterocycles. The zero-order chi connectivity index (χ0) is 43.1. The van der Waals surface area contributed by atoms with Crippen LogP contribution in [0.3, 0.4) is 0 Å². The van der Waals surface area contributed by atoms with E-state index < -0.39 is 31.4 Å². The number of morpholine rings is 1. The zero-order valence-electron chi connectivity index (χ0n) is 34.0. The summed E-state index contributed by atoms with van der Waals surface area (Å²) in [6.07, 6.45) is 0.729. The van der Waals surface area contributed by atoms with Gasteiger partial charge in [-0.2, -0.15) is 0 Å². The van der Waals surface area contributed by atoms with Gasteiger partial charge in [0.15, 0.2) is 0 Å². The number of carbonyl (C=O) groups is 1. The Hall–Kier alpha value is -6.03. The average molecular weight is 875 g/mol. The fraction of sp³-hybridized carbons (Fsp3) is 0.255. The number of rotatable bonds is 15. The molecule has 15 heteroatoms. The van der Waals surface area contributed by atoms with Gasteiger partial charge in [0.25, 0.3) is 21.6 Å². The van der Waals surface area contributed by atoms with Crippen LogP contribution < -0.4 is 19.7 Å². The predicted molar refractivity (Wildman–Crippen MR) is 243 cm³/mol. The Morgan fingerprint density at radius 1 is 0.790 bits per heavy atom. The number of piperazine rings is 1. The number of amides is 1. The van der Waals surface area contributed by atoms with Gasteiger partial charge in [-0.25, -0.2) is 13.1 Å². The second-order valence-electron chi connectivity index (χ2n) is 15.3. The van der Waals surface area contributed by atoms with Crippen molar-refractivity contribution in [3.8, 4) is 22.6 Å². The van der Waals surface area contributed by atoms with Gasteiger partial charge >= 0.3 is 0 Å². The fourth-order valence-corrected chi connectivity index (χ4v) is 8.99. The fourth-order valence-electron chi connectivity index (χ4n) is 7.88. The van der Waals surface area contributed by atoms with Crippen LogP contribution >= 0.6 is 11.6 Å². The molecule has 0 bridgehead atoms. The lowest BCUT2D eigenvalue weighted by atomic mass is 9.99. The third kappa shape index (κ3) is 10.3. The van der Waals surface area contributed by atoms with E-state index in [-0.39, 0.29) is 17.0 Å². The number of nitro groups is 1. The van der Waals surface area contributed by atoms with E-state index in [1.807, 2.05) is 66.7 Å². The van der Waals surface area contributed by atoms with Gasteiger partial charge in [-0.15, -0.1) is 0 Å². The molecule has 2 N–H and O–H groups in total. The zero-order valence-corrected chi connectivity index (χ0v) is 35.6. The second-order valence-corrected chi connectivity index (χ2v) is 17.4. The molecule has 320 valence electrons. The van der Waals surface area contributed by atoms with Crippen LogP contribution in [0.1, 0.15) is 22.3 Å². The molecule has 2 saturated heterocycles. The number of halogens is 1. The second kappa shape index (κ2) is 19.3. The van der Waals surface area contributed by atoms with Crippen molar-refractivity contribution >= 4 is 55.4 Å². The van der Waals surface area contributed by atoms with Gasteiger partial charge in [0.05, 0.1) is 28.6 Å². The van der Waals surface area contributed by atoms with E-state index in [0.717, 1.165) is 79.3 Å². The maximum absolute atomic E-state index is 13.9. The van der Waals surface area contributed by atoms with Crippen molar-refractivity contribution < 1.29 is 27.6 Å². The topological polar surface area (TPSA) is 147 Å². The molecule has 0 radical (unpaired) electrons. The summed E-state index contributed by atoms with van der Waals surface area (Å²) >= 11 is 6.16. The normalized spacial score (nSPS) is 15.0. The Kier molecular flexibility index (Phi) is 13.3. The highest BCUT2D eigenvalue weighted by atomic mass is 35.5. The average Bonchev–Trinajstić information content (AvgIpc) is 3.28. The largest absolute Gasteiger partial charge is 0.456 e. The van der Waals surface area contributed by atoms with Crippen molar-refractivity contribution in [3.63, 3.8) is 0 Å². The van der Waals surface area contributed by atoms with E-state index in [2.05, 4.69) is 42.9 Å². The molecule has 2 heterocycles. The number of nitro benzene ring substituents is 1. The first kappa shape index (κ1) is 42.7. The van der Waals surface area contributed by atoms with Crippen LogP contribution in [0.4, 0.5) is 17.1 Å². The smallest absolute Gasteiger partial charge is 0.293 e. The molecular formula is C47H47ClN6O7S. The van der Waals surface area contributed by atoms with Gasteiger partial charge < -0.3 is 19.7 Å². The number of benzene rings is 6. The summed E-state index contributed by atoms with van der Waals surface area (Å²) in [5.74, 6) is -0.317. The molecule has 0 saturated carbocycles. The number of nitrogens with zero attached hydrogens (tertiary/aromatic N) is 4. The highest BCUT2D eigenvalue weighted by Gasteiger charge is 2.27. The quantitative estimate of drug-likeness (QED) is 0.0582.